The molecular weight excluding hydrogens is 412 g/mol. The Bertz CT molecular complexity index is 653. The van der Waals surface area contributed by atoms with Crippen molar-refractivity contribution in [1.82, 2.24) is 14.8 Å². The molecule has 0 radical (unpaired) electrons. The summed E-state index contributed by atoms with van der Waals surface area (Å²) in [5, 5.41) is 2.83. The average Bonchev–Trinajstić information content (AvgIpc) is 2.57. The highest BCUT2D eigenvalue weighted by molar-refractivity contribution is 9.10. The number of pyridine rings is 1. The maximum atomic E-state index is 12.6. The first-order valence-corrected chi connectivity index (χ1v) is 8.93. The molecule has 140 valence electrons. The van der Waals surface area contributed by atoms with Crippen LogP contribution in [-0.4, -0.2) is 47.0 Å². The molecule has 1 saturated heterocycles. The zero-order valence-electron chi connectivity index (χ0n) is 13.9. The molecular formula is C16H24BrClN4O3. The third-order valence-electron chi connectivity index (χ3n) is 4.11. The van der Waals surface area contributed by atoms with Gasteiger partial charge in [0.1, 0.15) is 6.54 Å². The number of nitrogens with one attached hydrogen (secondary N) is 1. The third-order valence-corrected chi connectivity index (χ3v) is 4.58. The molecule has 0 aliphatic carbocycles. The number of likely N-dealkylation sites (tertiary alicyclic amines) is 1. The van der Waals surface area contributed by atoms with Crippen molar-refractivity contribution in [2.24, 2.45) is 5.73 Å². The summed E-state index contributed by atoms with van der Waals surface area (Å²) in [5.74, 6) is -0.202. The molecule has 2 heterocycles. The summed E-state index contributed by atoms with van der Waals surface area (Å²) in [6.07, 6.45) is 4.71. The lowest BCUT2D eigenvalue weighted by Crippen LogP contribution is -2.50. The second kappa shape index (κ2) is 10.6. The van der Waals surface area contributed by atoms with Crippen LogP contribution in [-0.2, 0) is 16.1 Å². The number of carbonyl (C=O) groups is 2. The highest BCUT2D eigenvalue weighted by atomic mass is 79.9. The number of carbonyl (C=O) groups excluding carboxylic acids is 2. The molecule has 1 atom stereocenters. The zero-order valence-corrected chi connectivity index (χ0v) is 16.4. The van der Waals surface area contributed by atoms with Crippen LogP contribution >= 0.6 is 28.3 Å². The first kappa shape index (κ1) is 21.7. The van der Waals surface area contributed by atoms with Crippen molar-refractivity contribution in [2.75, 3.05) is 19.6 Å². The molecule has 1 aromatic rings. The molecule has 1 unspecified atom stereocenters. The van der Waals surface area contributed by atoms with E-state index in [-0.39, 0.29) is 48.8 Å². The minimum Gasteiger partial charge on any atom is -0.354 e. The van der Waals surface area contributed by atoms with Gasteiger partial charge in [-0.15, -0.1) is 12.4 Å². The number of halogens is 2. The first-order chi connectivity index (χ1) is 11.5. The normalized spacial score (nSPS) is 16.9. The number of rotatable bonds is 6. The average molecular weight is 436 g/mol. The SMILES string of the molecule is Cl.NCCC(=O)NCC1CCCCN1C(=O)Cn1cc(Br)ccc1=O. The van der Waals surface area contributed by atoms with E-state index in [1.807, 2.05) is 0 Å². The van der Waals surface area contributed by atoms with E-state index in [1.54, 1.807) is 17.2 Å². The molecule has 0 bridgehead atoms. The van der Waals surface area contributed by atoms with E-state index in [0.717, 1.165) is 23.7 Å². The summed E-state index contributed by atoms with van der Waals surface area (Å²) >= 11 is 3.31. The molecule has 2 rings (SSSR count). The molecule has 25 heavy (non-hydrogen) atoms. The summed E-state index contributed by atoms with van der Waals surface area (Å²) in [6.45, 7) is 1.40. The Balaban J connectivity index is 0.00000312. The van der Waals surface area contributed by atoms with Gasteiger partial charge >= 0.3 is 0 Å². The van der Waals surface area contributed by atoms with Crippen molar-refractivity contribution < 1.29 is 9.59 Å². The molecule has 2 amide bonds. The molecule has 1 fully saturated rings. The summed E-state index contributed by atoms with van der Waals surface area (Å²) in [5.41, 5.74) is 5.15. The summed E-state index contributed by atoms with van der Waals surface area (Å²) < 4.78 is 2.14. The Labute approximate surface area is 161 Å². The van der Waals surface area contributed by atoms with Gasteiger partial charge in [0.25, 0.3) is 5.56 Å². The molecule has 0 spiro atoms. The van der Waals surface area contributed by atoms with Crippen LogP contribution in [0.4, 0.5) is 0 Å². The van der Waals surface area contributed by atoms with Gasteiger partial charge in [0.15, 0.2) is 0 Å². The number of amides is 2. The molecule has 1 aromatic heterocycles. The highest BCUT2D eigenvalue weighted by Crippen LogP contribution is 2.17. The third kappa shape index (κ3) is 6.45. The largest absolute Gasteiger partial charge is 0.354 e. The van der Waals surface area contributed by atoms with E-state index in [1.165, 1.54) is 10.6 Å². The molecule has 1 aliphatic rings. The number of aromatic nitrogens is 1. The Morgan fingerprint density at radius 3 is 2.80 bits per heavy atom. The summed E-state index contributed by atoms with van der Waals surface area (Å²) in [4.78, 5) is 37.9. The highest BCUT2D eigenvalue weighted by Gasteiger charge is 2.27. The Kier molecular flexibility index (Phi) is 9.16. The number of hydrogen-bond donors (Lipinski definition) is 2. The topological polar surface area (TPSA) is 97.4 Å². The van der Waals surface area contributed by atoms with Crippen LogP contribution < -0.4 is 16.6 Å². The van der Waals surface area contributed by atoms with Gasteiger partial charge < -0.3 is 20.5 Å². The van der Waals surface area contributed by atoms with E-state index in [9.17, 15) is 14.4 Å². The van der Waals surface area contributed by atoms with Crippen LogP contribution in [0.2, 0.25) is 0 Å². The van der Waals surface area contributed by atoms with Gasteiger partial charge in [0.2, 0.25) is 11.8 Å². The van der Waals surface area contributed by atoms with Gasteiger partial charge in [-0.05, 0) is 41.3 Å². The van der Waals surface area contributed by atoms with E-state index in [0.29, 0.717) is 19.6 Å². The van der Waals surface area contributed by atoms with E-state index in [4.69, 9.17) is 5.73 Å². The van der Waals surface area contributed by atoms with E-state index >= 15 is 0 Å². The van der Waals surface area contributed by atoms with Crippen molar-refractivity contribution in [3.63, 3.8) is 0 Å². The van der Waals surface area contributed by atoms with Gasteiger partial charge in [0.05, 0.1) is 0 Å². The number of hydrogen-bond acceptors (Lipinski definition) is 4. The van der Waals surface area contributed by atoms with Crippen molar-refractivity contribution in [2.45, 2.75) is 38.3 Å². The molecule has 3 N–H and O–H groups in total. The lowest BCUT2D eigenvalue weighted by Gasteiger charge is -2.36. The van der Waals surface area contributed by atoms with Crippen LogP contribution in [0.25, 0.3) is 0 Å². The standard InChI is InChI=1S/C16H23BrN4O3.ClH/c17-12-4-5-15(23)20(10-12)11-16(24)21-8-2-1-3-13(21)9-19-14(22)6-7-18;/h4-5,10,13H,1-3,6-9,11,18H2,(H,19,22);1H. The zero-order chi connectivity index (χ0) is 17.5. The fourth-order valence-corrected chi connectivity index (χ4v) is 3.23. The second-order valence-corrected chi connectivity index (χ2v) is 6.81. The lowest BCUT2D eigenvalue weighted by molar-refractivity contribution is -0.136. The van der Waals surface area contributed by atoms with Gasteiger partial charge in [-0.3, -0.25) is 14.4 Å². The number of nitrogens with two attached hydrogens (primary N) is 1. The van der Waals surface area contributed by atoms with Crippen LogP contribution in [0.1, 0.15) is 25.7 Å². The van der Waals surface area contributed by atoms with Crippen molar-refractivity contribution in [3.8, 4) is 0 Å². The minimum atomic E-state index is -0.212. The summed E-state index contributed by atoms with van der Waals surface area (Å²) in [7, 11) is 0. The van der Waals surface area contributed by atoms with Gasteiger partial charge in [-0.1, -0.05) is 0 Å². The molecule has 9 heteroatoms. The maximum Gasteiger partial charge on any atom is 0.251 e. The van der Waals surface area contributed by atoms with Crippen LogP contribution in [0.3, 0.4) is 0 Å². The number of piperidine rings is 1. The fourth-order valence-electron chi connectivity index (χ4n) is 2.85. The smallest absolute Gasteiger partial charge is 0.251 e. The second-order valence-electron chi connectivity index (χ2n) is 5.89. The van der Waals surface area contributed by atoms with Crippen molar-refractivity contribution in [1.29, 1.82) is 0 Å². The van der Waals surface area contributed by atoms with E-state index in [2.05, 4.69) is 21.2 Å². The monoisotopic (exact) mass is 434 g/mol. The van der Waals surface area contributed by atoms with Crippen LogP contribution in [0.5, 0.6) is 0 Å². The lowest BCUT2D eigenvalue weighted by atomic mass is 10.0. The molecule has 7 nitrogen and oxygen atoms in total. The van der Waals surface area contributed by atoms with Gasteiger partial charge in [-0.2, -0.15) is 0 Å². The quantitative estimate of drug-likeness (QED) is 0.693. The van der Waals surface area contributed by atoms with Crippen LogP contribution in [0, 0.1) is 0 Å². The Morgan fingerprint density at radius 1 is 1.32 bits per heavy atom. The minimum absolute atomic E-state index is 0. The molecule has 0 saturated carbocycles. The molecule has 0 aromatic carbocycles. The first-order valence-electron chi connectivity index (χ1n) is 8.13. The van der Waals surface area contributed by atoms with E-state index < -0.39 is 0 Å². The van der Waals surface area contributed by atoms with Gasteiger partial charge in [-0.25, -0.2) is 0 Å². The van der Waals surface area contributed by atoms with Crippen molar-refractivity contribution >= 4 is 40.2 Å². The fraction of sp³-hybridized carbons (Fsp3) is 0.562. The number of nitrogens with zero attached hydrogens (tertiary/aromatic N) is 2. The predicted molar refractivity (Wildman–Crippen MR) is 102 cm³/mol. The summed E-state index contributed by atoms with van der Waals surface area (Å²) in [6, 6.07) is 3.05. The predicted octanol–water partition coefficient (Wildman–Crippen LogP) is 0.879. The van der Waals surface area contributed by atoms with Crippen LogP contribution in [0.15, 0.2) is 27.6 Å². The Morgan fingerprint density at radius 2 is 2.08 bits per heavy atom. The maximum absolute atomic E-state index is 12.6. The Hall–Kier alpha value is -1.38. The molecule has 1 aliphatic heterocycles. The van der Waals surface area contributed by atoms with Crippen molar-refractivity contribution in [3.05, 3.63) is 33.2 Å². The van der Waals surface area contributed by atoms with Gasteiger partial charge in [0, 0.05) is 48.8 Å².